The van der Waals surface area contributed by atoms with E-state index in [-0.39, 0.29) is 38.9 Å². The minimum Gasteiger partial charge on any atom is -0.325 e. The number of hydrogen-bond acceptors (Lipinski definition) is 6. The van der Waals surface area contributed by atoms with Crippen molar-refractivity contribution in [2.45, 2.75) is 32.2 Å². The van der Waals surface area contributed by atoms with Crippen LogP contribution in [-0.4, -0.2) is 35.4 Å². The first-order chi connectivity index (χ1) is 20.3. The first-order valence-corrected chi connectivity index (χ1v) is 14.1. The van der Waals surface area contributed by atoms with Crippen molar-refractivity contribution in [3.63, 3.8) is 0 Å². The summed E-state index contributed by atoms with van der Waals surface area (Å²) in [5.41, 5.74) is 3.01. The summed E-state index contributed by atoms with van der Waals surface area (Å²) in [5, 5.41) is 10.7. The second-order valence-corrected chi connectivity index (χ2v) is 10.9. The van der Waals surface area contributed by atoms with Crippen LogP contribution >= 0.6 is 23.2 Å². The fourth-order valence-electron chi connectivity index (χ4n) is 5.19. The Hall–Kier alpha value is -4.41. The highest BCUT2D eigenvalue weighted by Gasteiger charge is 2.24. The molecule has 2 aromatic carbocycles. The van der Waals surface area contributed by atoms with Crippen molar-refractivity contribution in [3.05, 3.63) is 105 Å². The van der Waals surface area contributed by atoms with Crippen molar-refractivity contribution in [2.24, 2.45) is 5.92 Å². The lowest BCUT2D eigenvalue weighted by molar-refractivity contribution is -0.119. The minimum absolute atomic E-state index is 0.0106. The van der Waals surface area contributed by atoms with Crippen LogP contribution in [0, 0.1) is 11.7 Å². The van der Waals surface area contributed by atoms with Gasteiger partial charge in [-0.15, -0.1) is 5.10 Å². The second-order valence-electron chi connectivity index (χ2n) is 10.1. The van der Waals surface area contributed by atoms with Crippen LogP contribution in [0.15, 0.2) is 78.1 Å². The first kappa shape index (κ1) is 27.7. The third kappa shape index (κ3) is 5.31. The first-order valence-electron chi connectivity index (χ1n) is 13.3. The minimum atomic E-state index is -0.753. The molecule has 0 radical (unpaired) electrons. The number of nitrogens with one attached hydrogen (secondary N) is 1. The van der Waals surface area contributed by atoms with Gasteiger partial charge in [-0.05, 0) is 48.7 Å². The molecule has 1 amide bonds. The van der Waals surface area contributed by atoms with Crippen molar-refractivity contribution in [3.8, 4) is 28.1 Å². The van der Waals surface area contributed by atoms with Crippen LogP contribution in [0.3, 0.4) is 0 Å². The van der Waals surface area contributed by atoms with Crippen LogP contribution in [0.5, 0.6) is 0 Å². The molecule has 4 heterocycles. The summed E-state index contributed by atoms with van der Waals surface area (Å²) in [7, 11) is 0. The van der Waals surface area contributed by atoms with Gasteiger partial charge in [-0.3, -0.25) is 19.1 Å². The molecule has 42 heavy (non-hydrogen) atoms. The summed E-state index contributed by atoms with van der Waals surface area (Å²) in [6, 6.07) is 15.1. The molecule has 1 aliphatic heterocycles. The van der Waals surface area contributed by atoms with E-state index < -0.39 is 17.4 Å². The fraction of sp³-hybridized carbons (Fsp3) is 0.200. The average Bonchev–Trinajstić information content (AvgIpc) is 3.42. The molecule has 1 aliphatic rings. The SMILES string of the molecule is C[C@@H]1CCC[C@H](n2cnc(-c3c(-n4cc(Cl)nn4)ccc(Cl)c3F)cc2=O)c2cc(ccn2)-c2ccccc2NC1=O. The monoisotopic (exact) mass is 603 g/mol. The Bertz CT molecular complexity index is 1870. The molecule has 0 saturated heterocycles. The highest BCUT2D eigenvalue weighted by atomic mass is 35.5. The number of anilines is 1. The number of para-hydroxylation sites is 1. The Morgan fingerprint density at radius 2 is 1.86 bits per heavy atom. The number of halogens is 3. The number of pyridine rings is 1. The van der Waals surface area contributed by atoms with Crippen LogP contribution in [0.2, 0.25) is 10.2 Å². The largest absolute Gasteiger partial charge is 0.325 e. The molecule has 1 N–H and O–H groups in total. The highest BCUT2D eigenvalue weighted by molar-refractivity contribution is 6.31. The molecular weight excluding hydrogens is 580 g/mol. The zero-order chi connectivity index (χ0) is 29.4. The number of carbonyl (C=O) groups is 1. The van der Waals surface area contributed by atoms with E-state index in [4.69, 9.17) is 23.2 Å². The zero-order valence-corrected chi connectivity index (χ0v) is 23.8. The van der Waals surface area contributed by atoms with Crippen LogP contribution in [0.1, 0.15) is 37.9 Å². The molecule has 0 spiro atoms. The number of amides is 1. The second kappa shape index (κ2) is 11.5. The molecule has 5 aromatic rings. The van der Waals surface area contributed by atoms with Gasteiger partial charge in [0.25, 0.3) is 5.56 Å². The molecule has 212 valence electrons. The highest BCUT2D eigenvalue weighted by Crippen LogP contribution is 2.34. The Labute approximate surface area is 250 Å². The standard InChI is InChI=1S/C30H24Cl2FN7O2/c1-17-5-4-8-24(22-13-18(11-12-34-22)19-6-2-3-7-21(19)36-30(17)42)39-16-35-23(14-27(39)41)28-25(10-9-20(31)29(28)33)40-15-26(32)37-38-40/h2-3,6-7,9-17,24H,4-5,8H2,1H3,(H,36,42)/t17-,24+/m1/s1. The van der Waals surface area contributed by atoms with Crippen LogP contribution < -0.4 is 10.9 Å². The lowest BCUT2D eigenvalue weighted by atomic mass is 9.95. The number of nitrogens with zero attached hydrogens (tertiary/aromatic N) is 6. The van der Waals surface area contributed by atoms with Crippen molar-refractivity contribution < 1.29 is 9.18 Å². The predicted octanol–water partition coefficient (Wildman–Crippen LogP) is 6.35. The van der Waals surface area contributed by atoms with Gasteiger partial charge >= 0.3 is 0 Å². The number of hydrogen-bond donors (Lipinski definition) is 1. The topological polar surface area (TPSA) is 108 Å². The van der Waals surface area contributed by atoms with E-state index in [1.54, 1.807) is 12.3 Å². The molecule has 3 aromatic heterocycles. The summed E-state index contributed by atoms with van der Waals surface area (Å²) in [6.07, 6.45) is 6.30. The van der Waals surface area contributed by atoms with E-state index in [1.165, 1.54) is 33.9 Å². The van der Waals surface area contributed by atoms with E-state index in [0.717, 1.165) is 11.1 Å². The van der Waals surface area contributed by atoms with Crippen LogP contribution in [0.25, 0.3) is 28.1 Å². The summed E-state index contributed by atoms with van der Waals surface area (Å²) < 4.78 is 18.2. The van der Waals surface area contributed by atoms with Crippen molar-refractivity contribution in [1.82, 2.24) is 29.5 Å². The number of fused-ring (bicyclic) bond motifs is 4. The summed E-state index contributed by atoms with van der Waals surface area (Å²) >= 11 is 12.0. The smallest absolute Gasteiger partial charge is 0.254 e. The summed E-state index contributed by atoms with van der Waals surface area (Å²) in [6.45, 7) is 1.89. The van der Waals surface area contributed by atoms with Crippen LogP contribution in [0.4, 0.5) is 10.1 Å². The molecule has 0 saturated carbocycles. The van der Waals surface area contributed by atoms with Gasteiger partial charge in [0.1, 0.15) is 0 Å². The lowest BCUT2D eigenvalue weighted by Crippen LogP contribution is -2.27. The van der Waals surface area contributed by atoms with Gasteiger partial charge in [-0.25, -0.2) is 14.1 Å². The molecule has 0 aliphatic carbocycles. The van der Waals surface area contributed by atoms with Crippen LogP contribution in [-0.2, 0) is 4.79 Å². The molecule has 9 nitrogen and oxygen atoms in total. The average molecular weight is 604 g/mol. The van der Waals surface area contributed by atoms with E-state index in [0.29, 0.717) is 30.6 Å². The fourth-order valence-corrected chi connectivity index (χ4v) is 5.48. The van der Waals surface area contributed by atoms with Gasteiger partial charge in [0.2, 0.25) is 5.91 Å². The Morgan fingerprint density at radius 1 is 1.02 bits per heavy atom. The third-order valence-electron chi connectivity index (χ3n) is 7.39. The van der Waals surface area contributed by atoms with Crippen molar-refractivity contribution in [2.75, 3.05) is 5.32 Å². The van der Waals surface area contributed by atoms with E-state index in [1.807, 2.05) is 43.3 Å². The van der Waals surface area contributed by atoms with Gasteiger partial charge in [-0.1, -0.05) is 60.0 Å². The molecule has 0 fully saturated rings. The number of carbonyl (C=O) groups excluding carboxylic acids is 1. The van der Waals surface area contributed by atoms with Gasteiger partial charge in [0.15, 0.2) is 11.0 Å². The molecule has 6 rings (SSSR count). The molecular formula is C30H24Cl2FN7O2. The van der Waals surface area contributed by atoms with E-state index in [2.05, 4.69) is 25.6 Å². The zero-order valence-electron chi connectivity index (χ0n) is 22.3. The normalized spacial score (nSPS) is 17.1. The molecule has 2 bridgehead atoms. The number of benzene rings is 2. The van der Waals surface area contributed by atoms with E-state index >= 15 is 4.39 Å². The predicted molar refractivity (Wildman–Crippen MR) is 158 cm³/mol. The Balaban J connectivity index is 1.45. The Kier molecular flexibility index (Phi) is 7.57. The molecule has 0 unspecified atom stereocenters. The van der Waals surface area contributed by atoms with Gasteiger partial charge < -0.3 is 5.32 Å². The summed E-state index contributed by atoms with van der Waals surface area (Å²) in [5.74, 6) is -1.06. The molecule has 2 atom stereocenters. The maximum Gasteiger partial charge on any atom is 0.254 e. The Morgan fingerprint density at radius 3 is 2.64 bits per heavy atom. The van der Waals surface area contributed by atoms with Crippen molar-refractivity contribution >= 4 is 34.8 Å². The third-order valence-corrected chi connectivity index (χ3v) is 7.86. The maximum atomic E-state index is 15.4. The summed E-state index contributed by atoms with van der Waals surface area (Å²) in [4.78, 5) is 35.7. The maximum absolute atomic E-state index is 15.4. The van der Waals surface area contributed by atoms with Crippen molar-refractivity contribution in [1.29, 1.82) is 0 Å². The quantitative estimate of drug-likeness (QED) is 0.257. The van der Waals surface area contributed by atoms with Gasteiger partial charge in [-0.2, -0.15) is 0 Å². The van der Waals surface area contributed by atoms with Gasteiger partial charge in [0, 0.05) is 29.4 Å². The number of aromatic nitrogens is 6. The van der Waals surface area contributed by atoms with Gasteiger partial charge in [0.05, 0.1) is 46.2 Å². The number of rotatable bonds is 3. The van der Waals surface area contributed by atoms with E-state index in [9.17, 15) is 9.59 Å². The molecule has 12 heteroatoms. The lowest BCUT2D eigenvalue weighted by Gasteiger charge is -2.23.